The lowest BCUT2D eigenvalue weighted by Crippen LogP contribution is -2.26. The molecule has 2 nitrogen and oxygen atoms in total. The van der Waals surface area contributed by atoms with Gasteiger partial charge in [-0.15, -0.1) is 0 Å². The maximum absolute atomic E-state index is 9.13. The van der Waals surface area contributed by atoms with Gasteiger partial charge in [-0.3, -0.25) is 0 Å². The fourth-order valence-corrected chi connectivity index (χ4v) is 2.48. The minimum atomic E-state index is 0.0953. The smallest absolute Gasteiger partial charge is 0.0692 e. The summed E-state index contributed by atoms with van der Waals surface area (Å²) in [6.07, 6.45) is 3.81. The van der Waals surface area contributed by atoms with Crippen molar-refractivity contribution >= 4 is 21.6 Å². The molecule has 0 bridgehead atoms. The maximum Gasteiger partial charge on any atom is 0.0692 e. The quantitative estimate of drug-likeness (QED) is 0.896. The summed E-state index contributed by atoms with van der Waals surface area (Å²) in [7, 11) is 0. The van der Waals surface area contributed by atoms with Gasteiger partial charge in [-0.25, -0.2) is 0 Å². The molecule has 0 aliphatic heterocycles. The first-order chi connectivity index (χ1) is 7.76. The van der Waals surface area contributed by atoms with Crippen LogP contribution in [0.3, 0.4) is 0 Å². The minimum Gasteiger partial charge on any atom is -0.392 e. The Labute approximate surface area is 105 Å². The number of hydrogen-bond donors (Lipinski definition) is 1. The summed E-state index contributed by atoms with van der Waals surface area (Å²) in [5.74, 6) is 0. The molecule has 0 radical (unpaired) electrons. The molecule has 0 aromatic heterocycles. The van der Waals surface area contributed by atoms with Crippen LogP contribution in [-0.2, 0) is 6.61 Å². The van der Waals surface area contributed by atoms with Crippen molar-refractivity contribution in [1.82, 2.24) is 0 Å². The van der Waals surface area contributed by atoms with Gasteiger partial charge in [-0.1, -0.05) is 28.9 Å². The van der Waals surface area contributed by atoms with Gasteiger partial charge in [-0.05, 0) is 37.0 Å². The SMILES string of the molecule is CCCN(c1ccc(CO)c(Br)c1)C1CC1. The molecular formula is C13H18BrNO. The van der Waals surface area contributed by atoms with E-state index >= 15 is 0 Å². The van der Waals surface area contributed by atoms with Crippen LogP contribution in [0.5, 0.6) is 0 Å². The molecule has 88 valence electrons. The molecule has 2 rings (SSSR count). The van der Waals surface area contributed by atoms with Crippen LogP contribution in [-0.4, -0.2) is 17.7 Å². The van der Waals surface area contributed by atoms with Crippen LogP contribution in [0, 0.1) is 0 Å². The number of aliphatic hydroxyl groups excluding tert-OH is 1. The van der Waals surface area contributed by atoms with E-state index in [4.69, 9.17) is 5.11 Å². The number of nitrogens with zero attached hydrogens (tertiary/aromatic N) is 1. The monoisotopic (exact) mass is 283 g/mol. The van der Waals surface area contributed by atoms with E-state index in [1.54, 1.807) is 0 Å². The van der Waals surface area contributed by atoms with Gasteiger partial charge in [-0.2, -0.15) is 0 Å². The van der Waals surface area contributed by atoms with Crippen LogP contribution in [0.4, 0.5) is 5.69 Å². The zero-order chi connectivity index (χ0) is 11.5. The summed E-state index contributed by atoms with van der Waals surface area (Å²) in [6.45, 7) is 3.43. The predicted molar refractivity (Wildman–Crippen MR) is 70.7 cm³/mol. The minimum absolute atomic E-state index is 0.0953. The van der Waals surface area contributed by atoms with Crippen LogP contribution in [0.2, 0.25) is 0 Å². The first-order valence-corrected chi connectivity index (χ1v) is 6.71. The average molecular weight is 284 g/mol. The third-order valence-electron chi connectivity index (χ3n) is 2.99. The van der Waals surface area contributed by atoms with Crippen molar-refractivity contribution < 1.29 is 5.11 Å². The summed E-state index contributed by atoms with van der Waals surface area (Å²) >= 11 is 3.51. The summed E-state index contributed by atoms with van der Waals surface area (Å²) in [5, 5.41) is 9.13. The largest absolute Gasteiger partial charge is 0.392 e. The molecule has 0 saturated heterocycles. The first-order valence-electron chi connectivity index (χ1n) is 5.92. The first kappa shape index (κ1) is 11.9. The number of hydrogen-bond acceptors (Lipinski definition) is 2. The zero-order valence-electron chi connectivity index (χ0n) is 9.62. The van der Waals surface area contributed by atoms with E-state index in [9.17, 15) is 0 Å². The normalized spacial score (nSPS) is 15.2. The molecule has 1 N–H and O–H groups in total. The highest BCUT2D eigenvalue weighted by Gasteiger charge is 2.28. The van der Waals surface area contributed by atoms with E-state index in [0.717, 1.165) is 22.6 Å². The van der Waals surface area contributed by atoms with Crippen LogP contribution in [0.15, 0.2) is 22.7 Å². The van der Waals surface area contributed by atoms with Crippen molar-refractivity contribution in [1.29, 1.82) is 0 Å². The summed E-state index contributed by atoms with van der Waals surface area (Å²) < 4.78 is 1.01. The number of rotatable bonds is 5. The molecule has 0 amide bonds. The molecule has 3 heteroatoms. The van der Waals surface area contributed by atoms with Gasteiger partial charge < -0.3 is 10.0 Å². The van der Waals surface area contributed by atoms with Gasteiger partial charge in [0, 0.05) is 22.7 Å². The second kappa shape index (κ2) is 5.19. The Kier molecular flexibility index (Phi) is 3.87. The average Bonchev–Trinajstić information content (AvgIpc) is 3.09. The number of anilines is 1. The Morgan fingerprint density at radius 3 is 2.69 bits per heavy atom. The molecular weight excluding hydrogens is 266 g/mol. The highest BCUT2D eigenvalue weighted by atomic mass is 79.9. The summed E-state index contributed by atoms with van der Waals surface area (Å²) in [4.78, 5) is 2.48. The van der Waals surface area contributed by atoms with Crippen LogP contribution < -0.4 is 4.90 Å². The van der Waals surface area contributed by atoms with Crippen molar-refractivity contribution in [3.05, 3.63) is 28.2 Å². The van der Waals surface area contributed by atoms with Crippen molar-refractivity contribution in [3.63, 3.8) is 0 Å². The molecule has 1 saturated carbocycles. The number of aliphatic hydroxyl groups is 1. The van der Waals surface area contributed by atoms with Crippen LogP contribution >= 0.6 is 15.9 Å². The molecule has 1 aromatic carbocycles. The molecule has 0 atom stereocenters. The predicted octanol–water partition coefficient (Wildman–Crippen LogP) is 3.32. The second-order valence-electron chi connectivity index (χ2n) is 4.36. The van der Waals surface area contributed by atoms with Crippen molar-refractivity contribution in [2.45, 2.75) is 38.8 Å². The standard InChI is InChI=1S/C13H18BrNO/c1-2-7-15(11-5-6-11)12-4-3-10(9-16)13(14)8-12/h3-4,8,11,16H,2,5-7,9H2,1H3. The third-order valence-corrected chi connectivity index (χ3v) is 3.73. The molecule has 0 spiro atoms. The van der Waals surface area contributed by atoms with E-state index in [-0.39, 0.29) is 6.61 Å². The van der Waals surface area contributed by atoms with E-state index < -0.39 is 0 Å². The topological polar surface area (TPSA) is 23.5 Å². The van der Waals surface area contributed by atoms with Crippen LogP contribution in [0.25, 0.3) is 0 Å². The van der Waals surface area contributed by atoms with Gasteiger partial charge in [0.2, 0.25) is 0 Å². The van der Waals surface area contributed by atoms with Crippen LogP contribution in [0.1, 0.15) is 31.7 Å². The fourth-order valence-electron chi connectivity index (χ4n) is 1.99. The molecule has 1 fully saturated rings. The lowest BCUT2D eigenvalue weighted by molar-refractivity contribution is 0.281. The van der Waals surface area contributed by atoms with E-state index in [0.29, 0.717) is 0 Å². The Morgan fingerprint density at radius 1 is 1.44 bits per heavy atom. The Balaban J connectivity index is 2.20. The Bertz CT molecular complexity index is 363. The maximum atomic E-state index is 9.13. The Morgan fingerprint density at radius 2 is 2.19 bits per heavy atom. The number of benzene rings is 1. The summed E-state index contributed by atoms with van der Waals surface area (Å²) in [5.41, 5.74) is 2.23. The molecule has 16 heavy (non-hydrogen) atoms. The van der Waals surface area contributed by atoms with Crippen molar-refractivity contribution in [2.75, 3.05) is 11.4 Å². The van der Waals surface area contributed by atoms with Gasteiger partial charge in [0.05, 0.1) is 6.61 Å². The molecule has 0 unspecified atom stereocenters. The molecule has 0 heterocycles. The highest BCUT2D eigenvalue weighted by Crippen LogP contribution is 2.33. The van der Waals surface area contributed by atoms with Crippen molar-refractivity contribution in [3.8, 4) is 0 Å². The Hall–Kier alpha value is -0.540. The zero-order valence-corrected chi connectivity index (χ0v) is 11.2. The van der Waals surface area contributed by atoms with Gasteiger partial charge in [0.25, 0.3) is 0 Å². The third kappa shape index (κ3) is 2.58. The van der Waals surface area contributed by atoms with Gasteiger partial charge >= 0.3 is 0 Å². The van der Waals surface area contributed by atoms with E-state index in [1.807, 2.05) is 6.07 Å². The van der Waals surface area contributed by atoms with Gasteiger partial charge in [0.15, 0.2) is 0 Å². The van der Waals surface area contributed by atoms with E-state index in [2.05, 4.69) is 39.9 Å². The molecule has 1 aliphatic rings. The summed E-state index contributed by atoms with van der Waals surface area (Å²) in [6, 6.07) is 6.99. The van der Waals surface area contributed by atoms with E-state index in [1.165, 1.54) is 24.9 Å². The molecule has 1 aliphatic carbocycles. The lowest BCUT2D eigenvalue weighted by atomic mass is 10.2. The molecule has 1 aromatic rings. The fraction of sp³-hybridized carbons (Fsp3) is 0.538. The second-order valence-corrected chi connectivity index (χ2v) is 5.21. The highest BCUT2D eigenvalue weighted by molar-refractivity contribution is 9.10. The number of halogens is 1. The van der Waals surface area contributed by atoms with Crippen molar-refractivity contribution in [2.24, 2.45) is 0 Å². The lowest BCUT2D eigenvalue weighted by Gasteiger charge is -2.24. The van der Waals surface area contributed by atoms with Gasteiger partial charge in [0.1, 0.15) is 0 Å².